The molecule has 1 aliphatic rings. The Labute approximate surface area is 110 Å². The lowest BCUT2D eigenvalue weighted by atomic mass is 10.1. The van der Waals surface area contributed by atoms with E-state index >= 15 is 0 Å². The van der Waals surface area contributed by atoms with Gasteiger partial charge >= 0.3 is 0 Å². The van der Waals surface area contributed by atoms with Crippen molar-refractivity contribution in [3.8, 4) is 0 Å². The van der Waals surface area contributed by atoms with Crippen molar-refractivity contribution in [2.24, 2.45) is 0 Å². The van der Waals surface area contributed by atoms with Crippen LogP contribution in [0.4, 0.5) is 5.69 Å². The van der Waals surface area contributed by atoms with E-state index in [0.29, 0.717) is 6.04 Å². The van der Waals surface area contributed by atoms with E-state index < -0.39 is 0 Å². The summed E-state index contributed by atoms with van der Waals surface area (Å²) in [6, 6.07) is 9.42. The fourth-order valence-electron chi connectivity index (χ4n) is 2.64. The van der Waals surface area contributed by atoms with Gasteiger partial charge in [-0.25, -0.2) is 0 Å². The predicted octanol–water partition coefficient (Wildman–Crippen LogP) is 2.06. The zero-order chi connectivity index (χ0) is 12.8. The SMILES string of the molecule is COCCNCCCN1c2ccccc2CC1C. The Morgan fingerprint density at radius 2 is 2.17 bits per heavy atom. The molecule has 1 heterocycles. The van der Waals surface area contributed by atoms with Crippen LogP contribution in [0.3, 0.4) is 0 Å². The van der Waals surface area contributed by atoms with Crippen LogP contribution in [0.5, 0.6) is 0 Å². The summed E-state index contributed by atoms with van der Waals surface area (Å²) in [4.78, 5) is 2.54. The molecule has 2 rings (SSSR count). The van der Waals surface area contributed by atoms with Crippen molar-refractivity contribution in [1.29, 1.82) is 0 Å². The first-order chi connectivity index (χ1) is 8.83. The molecule has 1 aromatic rings. The first-order valence-electron chi connectivity index (χ1n) is 6.87. The number of hydrogen-bond acceptors (Lipinski definition) is 3. The van der Waals surface area contributed by atoms with E-state index in [0.717, 1.165) is 26.2 Å². The largest absolute Gasteiger partial charge is 0.383 e. The minimum Gasteiger partial charge on any atom is -0.383 e. The molecule has 0 bridgehead atoms. The number of para-hydroxylation sites is 1. The molecule has 0 spiro atoms. The van der Waals surface area contributed by atoms with Crippen LogP contribution >= 0.6 is 0 Å². The summed E-state index contributed by atoms with van der Waals surface area (Å²) in [6.45, 7) is 6.26. The lowest BCUT2D eigenvalue weighted by molar-refractivity contribution is 0.199. The topological polar surface area (TPSA) is 24.5 Å². The monoisotopic (exact) mass is 248 g/mol. The number of methoxy groups -OCH3 is 1. The Balaban J connectivity index is 1.76. The molecule has 18 heavy (non-hydrogen) atoms. The van der Waals surface area contributed by atoms with Gasteiger partial charge in [0.1, 0.15) is 0 Å². The number of benzene rings is 1. The van der Waals surface area contributed by atoms with Gasteiger partial charge in [-0.2, -0.15) is 0 Å². The molecule has 0 aliphatic carbocycles. The van der Waals surface area contributed by atoms with Crippen molar-refractivity contribution in [1.82, 2.24) is 5.32 Å². The molecule has 1 N–H and O–H groups in total. The molecule has 0 saturated heterocycles. The summed E-state index contributed by atoms with van der Waals surface area (Å²) in [5, 5.41) is 3.40. The molecule has 0 fully saturated rings. The molecule has 1 unspecified atom stereocenters. The molecular weight excluding hydrogens is 224 g/mol. The second kappa shape index (κ2) is 6.76. The van der Waals surface area contributed by atoms with Gasteiger partial charge in [0.2, 0.25) is 0 Å². The summed E-state index contributed by atoms with van der Waals surface area (Å²) >= 11 is 0. The smallest absolute Gasteiger partial charge is 0.0587 e. The molecule has 0 amide bonds. The van der Waals surface area contributed by atoms with Crippen molar-refractivity contribution in [2.75, 3.05) is 38.3 Å². The van der Waals surface area contributed by atoms with Crippen molar-refractivity contribution in [3.05, 3.63) is 29.8 Å². The van der Waals surface area contributed by atoms with E-state index in [2.05, 4.69) is 41.4 Å². The van der Waals surface area contributed by atoms with E-state index in [1.807, 2.05) is 0 Å². The molecule has 1 atom stereocenters. The number of nitrogens with zero attached hydrogens (tertiary/aromatic N) is 1. The van der Waals surface area contributed by atoms with Crippen molar-refractivity contribution < 1.29 is 4.74 Å². The quantitative estimate of drug-likeness (QED) is 0.748. The zero-order valence-electron chi connectivity index (χ0n) is 11.5. The van der Waals surface area contributed by atoms with Gasteiger partial charge in [-0.05, 0) is 37.9 Å². The third-order valence-electron chi connectivity index (χ3n) is 3.58. The standard InChI is InChI=1S/C15H24N2O/c1-13-12-14-6-3-4-7-15(14)17(13)10-5-8-16-9-11-18-2/h3-4,6-7,13,16H,5,8-12H2,1-2H3. The highest BCUT2D eigenvalue weighted by Crippen LogP contribution is 2.31. The first kappa shape index (κ1) is 13.4. The summed E-state index contributed by atoms with van der Waals surface area (Å²) in [6.07, 6.45) is 2.37. The second-order valence-corrected chi connectivity index (χ2v) is 4.97. The summed E-state index contributed by atoms with van der Waals surface area (Å²) in [5.74, 6) is 0. The van der Waals surface area contributed by atoms with E-state index in [1.165, 1.54) is 24.1 Å². The van der Waals surface area contributed by atoms with E-state index in [-0.39, 0.29) is 0 Å². The van der Waals surface area contributed by atoms with Crippen molar-refractivity contribution in [2.45, 2.75) is 25.8 Å². The van der Waals surface area contributed by atoms with Gasteiger partial charge in [0.15, 0.2) is 0 Å². The minimum atomic E-state index is 0.640. The third kappa shape index (κ3) is 3.24. The highest BCUT2D eigenvalue weighted by molar-refractivity contribution is 5.59. The normalized spacial score (nSPS) is 18.1. The van der Waals surface area contributed by atoms with Crippen LogP contribution < -0.4 is 10.2 Å². The van der Waals surface area contributed by atoms with Gasteiger partial charge in [0, 0.05) is 31.9 Å². The van der Waals surface area contributed by atoms with Crippen LogP contribution in [-0.2, 0) is 11.2 Å². The van der Waals surface area contributed by atoms with E-state index in [4.69, 9.17) is 4.74 Å². The molecular formula is C15H24N2O. The summed E-state index contributed by atoms with van der Waals surface area (Å²) in [7, 11) is 1.74. The van der Waals surface area contributed by atoms with Crippen molar-refractivity contribution in [3.63, 3.8) is 0 Å². The molecule has 0 radical (unpaired) electrons. The van der Waals surface area contributed by atoms with Crippen molar-refractivity contribution >= 4 is 5.69 Å². The van der Waals surface area contributed by atoms with E-state index in [1.54, 1.807) is 7.11 Å². The lowest BCUT2D eigenvalue weighted by Crippen LogP contribution is -2.32. The van der Waals surface area contributed by atoms with Crippen LogP contribution in [0.2, 0.25) is 0 Å². The zero-order valence-corrected chi connectivity index (χ0v) is 11.5. The Morgan fingerprint density at radius 1 is 1.33 bits per heavy atom. The van der Waals surface area contributed by atoms with Gasteiger partial charge in [-0.1, -0.05) is 18.2 Å². The molecule has 3 heteroatoms. The highest BCUT2D eigenvalue weighted by atomic mass is 16.5. The predicted molar refractivity (Wildman–Crippen MR) is 76.3 cm³/mol. The number of nitrogens with one attached hydrogen (secondary N) is 1. The van der Waals surface area contributed by atoms with Gasteiger partial charge < -0.3 is 15.0 Å². The average molecular weight is 248 g/mol. The molecule has 0 aromatic heterocycles. The maximum absolute atomic E-state index is 5.01. The number of rotatable bonds is 7. The molecule has 0 saturated carbocycles. The Morgan fingerprint density at radius 3 is 3.00 bits per heavy atom. The number of anilines is 1. The first-order valence-corrected chi connectivity index (χ1v) is 6.87. The Bertz CT molecular complexity index is 367. The number of fused-ring (bicyclic) bond motifs is 1. The molecule has 3 nitrogen and oxygen atoms in total. The summed E-state index contributed by atoms with van der Waals surface area (Å²) in [5.41, 5.74) is 2.93. The average Bonchev–Trinajstić information content (AvgIpc) is 2.70. The molecule has 1 aliphatic heterocycles. The van der Waals surface area contributed by atoms with Crippen LogP contribution in [0.25, 0.3) is 0 Å². The minimum absolute atomic E-state index is 0.640. The third-order valence-corrected chi connectivity index (χ3v) is 3.58. The molecule has 1 aromatic carbocycles. The van der Waals surface area contributed by atoms with Crippen LogP contribution in [0, 0.1) is 0 Å². The van der Waals surface area contributed by atoms with Gasteiger partial charge in [0.05, 0.1) is 6.61 Å². The van der Waals surface area contributed by atoms with E-state index in [9.17, 15) is 0 Å². The fraction of sp³-hybridized carbons (Fsp3) is 0.600. The summed E-state index contributed by atoms with van der Waals surface area (Å²) < 4.78 is 5.01. The second-order valence-electron chi connectivity index (χ2n) is 4.97. The van der Waals surface area contributed by atoms with Crippen LogP contribution in [0.1, 0.15) is 18.9 Å². The molecule has 100 valence electrons. The fourth-order valence-corrected chi connectivity index (χ4v) is 2.64. The Kier molecular flexibility index (Phi) is 5.02. The maximum Gasteiger partial charge on any atom is 0.0587 e. The van der Waals surface area contributed by atoms with Gasteiger partial charge in [-0.3, -0.25) is 0 Å². The van der Waals surface area contributed by atoms with Gasteiger partial charge in [0.25, 0.3) is 0 Å². The lowest BCUT2D eigenvalue weighted by Gasteiger charge is -2.24. The van der Waals surface area contributed by atoms with Gasteiger partial charge in [-0.15, -0.1) is 0 Å². The van der Waals surface area contributed by atoms with Crippen LogP contribution in [-0.4, -0.2) is 39.4 Å². The number of ether oxygens (including phenoxy) is 1. The highest BCUT2D eigenvalue weighted by Gasteiger charge is 2.24. The maximum atomic E-state index is 5.01. The number of hydrogen-bond donors (Lipinski definition) is 1. The van der Waals surface area contributed by atoms with Crippen LogP contribution in [0.15, 0.2) is 24.3 Å². The Hall–Kier alpha value is -1.06.